The first-order chi connectivity index (χ1) is 15.3. The molecule has 6 rings (SSSR count). The second-order valence-corrected chi connectivity index (χ2v) is 11.0. The Labute approximate surface area is 189 Å². The molecule has 6 aliphatic rings. The molecule has 8 heteroatoms. The van der Waals surface area contributed by atoms with Crippen molar-refractivity contribution in [1.82, 2.24) is 14.7 Å². The van der Waals surface area contributed by atoms with Crippen LogP contribution in [0.2, 0.25) is 0 Å². The minimum Gasteiger partial charge on any atom is -0.390 e. The van der Waals surface area contributed by atoms with Crippen LogP contribution in [0.3, 0.4) is 0 Å². The Hall–Kier alpha value is -2.16. The third-order valence-electron chi connectivity index (χ3n) is 8.77. The first-order valence-electron chi connectivity index (χ1n) is 12.2. The summed E-state index contributed by atoms with van der Waals surface area (Å²) < 4.78 is 0. The van der Waals surface area contributed by atoms with E-state index in [-0.39, 0.29) is 42.5 Å². The van der Waals surface area contributed by atoms with Gasteiger partial charge in [0.1, 0.15) is 12.1 Å². The number of likely N-dealkylation sites (tertiary alicyclic amines) is 2. The summed E-state index contributed by atoms with van der Waals surface area (Å²) in [6.45, 7) is 1.38. The van der Waals surface area contributed by atoms with Crippen molar-refractivity contribution in [2.24, 2.45) is 11.8 Å². The molecule has 0 aromatic carbocycles. The van der Waals surface area contributed by atoms with Crippen molar-refractivity contribution < 1.29 is 14.7 Å². The summed E-state index contributed by atoms with van der Waals surface area (Å²) in [6.07, 6.45) is 8.28. The van der Waals surface area contributed by atoms with Crippen molar-refractivity contribution in [2.45, 2.75) is 87.4 Å². The van der Waals surface area contributed by atoms with Gasteiger partial charge in [-0.3, -0.25) is 14.5 Å². The van der Waals surface area contributed by atoms with Gasteiger partial charge in [0.05, 0.1) is 30.8 Å². The van der Waals surface area contributed by atoms with Gasteiger partial charge in [0.2, 0.25) is 11.8 Å². The van der Waals surface area contributed by atoms with Crippen LogP contribution in [0, 0.1) is 34.5 Å². The van der Waals surface area contributed by atoms with Crippen LogP contribution in [0.4, 0.5) is 0 Å². The van der Waals surface area contributed by atoms with Gasteiger partial charge in [-0.25, -0.2) is 0 Å². The minimum absolute atomic E-state index is 0.0946. The maximum absolute atomic E-state index is 13.3. The molecule has 8 nitrogen and oxygen atoms in total. The lowest BCUT2D eigenvalue weighted by molar-refractivity contribution is -0.181. The number of carbonyl (C=O) groups is 2. The van der Waals surface area contributed by atoms with E-state index in [2.05, 4.69) is 12.1 Å². The molecule has 4 bridgehead atoms. The highest BCUT2D eigenvalue weighted by atomic mass is 16.3. The molecular weight excluding hydrogens is 406 g/mol. The van der Waals surface area contributed by atoms with Gasteiger partial charge < -0.3 is 14.9 Å². The fraction of sp³-hybridized carbons (Fsp3) is 0.833. The molecule has 172 valence electrons. The quantitative estimate of drug-likeness (QED) is 0.693. The minimum atomic E-state index is -0.694. The third kappa shape index (κ3) is 3.68. The third-order valence-corrected chi connectivity index (χ3v) is 8.77. The van der Waals surface area contributed by atoms with Crippen LogP contribution in [0.1, 0.15) is 64.2 Å². The van der Waals surface area contributed by atoms with Crippen molar-refractivity contribution in [3.63, 3.8) is 0 Å². The van der Waals surface area contributed by atoms with Gasteiger partial charge >= 0.3 is 0 Å². The molecule has 2 heterocycles. The van der Waals surface area contributed by atoms with E-state index < -0.39 is 5.60 Å². The van der Waals surface area contributed by atoms with Gasteiger partial charge in [0.15, 0.2) is 0 Å². The predicted molar refractivity (Wildman–Crippen MR) is 115 cm³/mol. The van der Waals surface area contributed by atoms with E-state index in [9.17, 15) is 25.2 Å². The van der Waals surface area contributed by atoms with Gasteiger partial charge in [-0.05, 0) is 76.0 Å². The monoisotopic (exact) mass is 439 g/mol. The Morgan fingerprint density at radius 1 is 0.906 bits per heavy atom. The second-order valence-electron chi connectivity index (χ2n) is 11.0. The maximum atomic E-state index is 13.3. The molecule has 3 unspecified atom stereocenters. The van der Waals surface area contributed by atoms with Gasteiger partial charge in [0, 0.05) is 18.6 Å². The van der Waals surface area contributed by atoms with E-state index >= 15 is 0 Å². The lowest BCUT2D eigenvalue weighted by atomic mass is 9.50. The zero-order valence-corrected chi connectivity index (χ0v) is 18.7. The van der Waals surface area contributed by atoms with E-state index in [4.69, 9.17) is 0 Å². The van der Waals surface area contributed by atoms with Gasteiger partial charge in [-0.15, -0.1) is 0 Å². The zero-order chi connectivity index (χ0) is 22.5. The smallest absolute Gasteiger partial charge is 0.237 e. The van der Waals surface area contributed by atoms with Crippen LogP contribution >= 0.6 is 0 Å². The fourth-order valence-electron chi connectivity index (χ4n) is 7.83. The lowest BCUT2D eigenvalue weighted by Crippen LogP contribution is -2.67. The molecular formula is C24H33N5O3. The van der Waals surface area contributed by atoms with Crippen molar-refractivity contribution in [1.29, 1.82) is 10.5 Å². The van der Waals surface area contributed by atoms with Crippen LogP contribution in [-0.2, 0) is 9.59 Å². The van der Waals surface area contributed by atoms with Gasteiger partial charge in [-0.1, -0.05) is 0 Å². The SMILES string of the molecule is N#CC1CCCN1C(=O)CN(CC(=O)N1CCC[C@H]1C#N)C12CC3CC(CC(O)(C3)C1)C2. The normalized spacial score (nSPS) is 40.0. The highest BCUT2D eigenvalue weighted by Gasteiger charge is 2.59. The van der Waals surface area contributed by atoms with Gasteiger partial charge in [-0.2, -0.15) is 10.5 Å². The highest BCUT2D eigenvalue weighted by Crippen LogP contribution is 2.59. The Bertz CT molecular complexity index is 816. The van der Waals surface area contributed by atoms with Crippen molar-refractivity contribution in [3.05, 3.63) is 0 Å². The van der Waals surface area contributed by atoms with E-state index in [0.29, 0.717) is 44.2 Å². The van der Waals surface area contributed by atoms with Crippen LogP contribution in [0.15, 0.2) is 0 Å². The van der Waals surface area contributed by atoms with Crippen LogP contribution in [0.5, 0.6) is 0 Å². The molecule has 1 N–H and O–H groups in total. The molecule has 4 atom stereocenters. The van der Waals surface area contributed by atoms with Crippen molar-refractivity contribution >= 4 is 11.8 Å². The molecule has 32 heavy (non-hydrogen) atoms. The van der Waals surface area contributed by atoms with E-state index in [1.807, 2.05) is 4.90 Å². The molecule has 2 amide bonds. The van der Waals surface area contributed by atoms with Crippen LogP contribution in [0.25, 0.3) is 0 Å². The Morgan fingerprint density at radius 3 is 1.84 bits per heavy atom. The molecule has 4 saturated carbocycles. The number of aliphatic hydroxyl groups is 1. The van der Waals surface area contributed by atoms with Gasteiger partial charge in [0.25, 0.3) is 0 Å². The van der Waals surface area contributed by atoms with Crippen LogP contribution < -0.4 is 0 Å². The summed E-state index contributed by atoms with van der Waals surface area (Å²) in [6, 6.07) is 3.71. The van der Waals surface area contributed by atoms with Crippen molar-refractivity contribution in [3.8, 4) is 12.1 Å². The molecule has 2 saturated heterocycles. The lowest BCUT2D eigenvalue weighted by Gasteiger charge is -2.63. The summed E-state index contributed by atoms with van der Waals surface area (Å²) in [5, 5.41) is 30.2. The summed E-state index contributed by atoms with van der Waals surface area (Å²) in [5.41, 5.74) is -1.05. The van der Waals surface area contributed by atoms with Crippen molar-refractivity contribution in [2.75, 3.05) is 26.2 Å². The average Bonchev–Trinajstić information content (AvgIpc) is 3.40. The maximum Gasteiger partial charge on any atom is 0.237 e. The number of rotatable bonds is 5. The van der Waals surface area contributed by atoms with E-state index in [1.165, 1.54) is 0 Å². The number of nitriles is 2. The first kappa shape index (κ1) is 21.7. The molecule has 0 radical (unpaired) electrons. The Balaban J connectivity index is 1.40. The molecule has 4 aliphatic carbocycles. The van der Waals surface area contributed by atoms with E-state index in [1.54, 1.807) is 9.80 Å². The highest BCUT2D eigenvalue weighted by molar-refractivity contribution is 5.82. The molecule has 0 spiro atoms. The standard InChI is InChI=1S/C24H33N5O3/c25-12-19-3-1-5-28(19)21(30)14-27(15-22(31)29-6-2-4-20(29)13-26)23-8-17-7-18(9-23)11-24(32,10-17)16-23/h17-20,32H,1-11,14-16H2/t17?,18?,19-,20?,23?,24?/m0/s1. The number of hydrogen-bond donors (Lipinski definition) is 1. The largest absolute Gasteiger partial charge is 0.390 e. The first-order valence-corrected chi connectivity index (χ1v) is 12.2. The average molecular weight is 440 g/mol. The summed E-state index contributed by atoms with van der Waals surface area (Å²) in [5.74, 6) is 0.683. The number of hydrogen-bond acceptors (Lipinski definition) is 6. The summed E-state index contributed by atoms with van der Waals surface area (Å²) >= 11 is 0. The summed E-state index contributed by atoms with van der Waals surface area (Å²) in [4.78, 5) is 32.0. The molecule has 0 aromatic rings. The van der Waals surface area contributed by atoms with Crippen LogP contribution in [-0.4, -0.2) is 81.0 Å². The number of carbonyl (C=O) groups excluding carboxylic acids is 2. The molecule has 2 aliphatic heterocycles. The number of amides is 2. The zero-order valence-electron chi connectivity index (χ0n) is 18.7. The number of nitrogens with zero attached hydrogens (tertiary/aromatic N) is 5. The predicted octanol–water partition coefficient (Wildman–Crippen LogP) is 1.40. The Kier molecular flexibility index (Phi) is 5.42. The van der Waals surface area contributed by atoms with E-state index in [0.717, 1.165) is 44.9 Å². The topological polar surface area (TPSA) is 112 Å². The Morgan fingerprint density at radius 2 is 1.41 bits per heavy atom. The second kappa shape index (κ2) is 8.01. The fourth-order valence-corrected chi connectivity index (χ4v) is 7.83. The summed E-state index contributed by atoms with van der Waals surface area (Å²) in [7, 11) is 0. The molecule has 0 aromatic heterocycles. The molecule has 6 fully saturated rings.